The summed E-state index contributed by atoms with van der Waals surface area (Å²) in [4.78, 5) is 13.0. The topological polar surface area (TPSA) is 47.6 Å². The van der Waals surface area contributed by atoms with Crippen molar-refractivity contribution in [3.8, 4) is 5.75 Å². The Morgan fingerprint density at radius 1 is 1.00 bits per heavy atom. The third-order valence-corrected chi connectivity index (χ3v) is 4.63. The summed E-state index contributed by atoms with van der Waals surface area (Å²) in [5, 5.41) is 5.06. The first-order chi connectivity index (χ1) is 12.6. The molecule has 0 saturated heterocycles. The summed E-state index contributed by atoms with van der Waals surface area (Å²) < 4.78 is 11.6. The third kappa shape index (κ3) is 4.76. The highest BCUT2D eigenvalue weighted by Gasteiger charge is 2.33. The maximum Gasteiger partial charge on any atom is 0.256 e. The number of carbonyl (C=O) groups excluding carboxylic acids is 1. The summed E-state index contributed by atoms with van der Waals surface area (Å²) in [7, 11) is 0. The predicted octanol–water partition coefficient (Wildman–Crippen LogP) is 5.55. The molecule has 0 aliphatic heterocycles. The lowest BCUT2D eigenvalue weighted by Crippen LogP contribution is -2.42. The van der Waals surface area contributed by atoms with E-state index in [2.05, 4.69) is 12.2 Å². The normalized spacial score (nSPS) is 13.4. The van der Waals surface area contributed by atoms with Crippen molar-refractivity contribution in [1.29, 1.82) is 0 Å². The molecule has 1 N–H and O–H groups in total. The van der Waals surface area contributed by atoms with Gasteiger partial charge in [0.2, 0.25) is 0 Å². The fourth-order valence-electron chi connectivity index (χ4n) is 3.20. The van der Waals surface area contributed by atoms with Crippen molar-refractivity contribution in [3.05, 3.63) is 36.4 Å². The Hall–Kier alpha value is -2.07. The first-order valence-corrected chi connectivity index (χ1v) is 9.65. The van der Waals surface area contributed by atoms with Crippen LogP contribution in [0, 0.1) is 0 Å². The number of hydrogen-bond donors (Lipinski definition) is 1. The van der Waals surface area contributed by atoms with Gasteiger partial charge in [0.1, 0.15) is 11.4 Å². The molecule has 2 aromatic rings. The summed E-state index contributed by atoms with van der Waals surface area (Å²) in [6.45, 7) is 9.06. The number of rotatable bonds is 10. The van der Waals surface area contributed by atoms with Gasteiger partial charge in [-0.2, -0.15) is 0 Å². The molecule has 4 heteroatoms. The molecule has 0 radical (unpaired) electrons. The van der Waals surface area contributed by atoms with Gasteiger partial charge in [0.15, 0.2) is 0 Å². The number of anilines is 1. The quantitative estimate of drug-likeness (QED) is 0.567. The largest absolute Gasteiger partial charge is 0.493 e. The molecular weight excluding hydrogens is 326 g/mol. The number of ether oxygens (including phenoxy) is 2. The highest BCUT2D eigenvalue weighted by atomic mass is 16.5. The van der Waals surface area contributed by atoms with Gasteiger partial charge in [0.05, 0.1) is 6.61 Å². The Bertz CT molecular complexity index is 728. The van der Waals surface area contributed by atoms with Crippen molar-refractivity contribution >= 4 is 22.4 Å². The van der Waals surface area contributed by atoms with E-state index >= 15 is 0 Å². The molecular formula is C22H31NO3. The maximum absolute atomic E-state index is 13.0. The Labute approximate surface area is 156 Å². The molecule has 0 aromatic heterocycles. The Balaban J connectivity index is 2.28. The standard InChI is InChI=1S/C22H31NO3/c1-5-8-11-16-22(4,26-7-3)21(24)23-19-14-15-20(25-6-2)18-13-10-9-12-17(18)19/h9-10,12-15H,5-8,11,16H2,1-4H3,(H,23,24)/t22-/m1/s1. The van der Waals surface area contributed by atoms with Crippen molar-refractivity contribution in [1.82, 2.24) is 0 Å². The number of carbonyl (C=O) groups is 1. The molecule has 0 aliphatic rings. The molecule has 142 valence electrons. The van der Waals surface area contributed by atoms with Gasteiger partial charge in [-0.05, 0) is 39.3 Å². The molecule has 0 aliphatic carbocycles. The van der Waals surface area contributed by atoms with Crippen LogP contribution in [0.25, 0.3) is 10.8 Å². The first kappa shape index (κ1) is 20.2. The fraction of sp³-hybridized carbons (Fsp3) is 0.500. The van der Waals surface area contributed by atoms with Crippen LogP contribution >= 0.6 is 0 Å². The molecule has 0 heterocycles. The molecule has 1 amide bonds. The van der Waals surface area contributed by atoms with Crippen LogP contribution in [0.2, 0.25) is 0 Å². The lowest BCUT2D eigenvalue weighted by atomic mass is 9.96. The van der Waals surface area contributed by atoms with E-state index in [0.717, 1.165) is 47.9 Å². The van der Waals surface area contributed by atoms with Crippen LogP contribution in [0.15, 0.2) is 36.4 Å². The smallest absolute Gasteiger partial charge is 0.256 e. The number of amides is 1. The Morgan fingerprint density at radius 3 is 2.38 bits per heavy atom. The van der Waals surface area contributed by atoms with Crippen LogP contribution in [-0.4, -0.2) is 24.7 Å². The van der Waals surface area contributed by atoms with E-state index in [0.29, 0.717) is 13.2 Å². The monoisotopic (exact) mass is 357 g/mol. The van der Waals surface area contributed by atoms with Crippen molar-refractivity contribution < 1.29 is 14.3 Å². The Kier molecular flexibility index (Phi) is 7.46. The molecule has 0 saturated carbocycles. The molecule has 2 aromatic carbocycles. The highest BCUT2D eigenvalue weighted by molar-refractivity contribution is 6.06. The molecule has 0 spiro atoms. The summed E-state index contributed by atoms with van der Waals surface area (Å²) >= 11 is 0. The van der Waals surface area contributed by atoms with Crippen molar-refractivity contribution in [2.24, 2.45) is 0 Å². The number of nitrogens with one attached hydrogen (secondary N) is 1. The third-order valence-electron chi connectivity index (χ3n) is 4.63. The SMILES string of the molecule is CCCCC[C@@](C)(OCC)C(=O)Nc1ccc(OCC)c2ccccc12. The van der Waals surface area contributed by atoms with Crippen molar-refractivity contribution in [2.45, 2.75) is 59.0 Å². The van der Waals surface area contributed by atoms with Crippen LogP contribution in [-0.2, 0) is 9.53 Å². The molecule has 2 rings (SSSR count). The van der Waals surface area contributed by atoms with Crippen LogP contribution in [0.1, 0.15) is 53.4 Å². The zero-order valence-electron chi connectivity index (χ0n) is 16.4. The van der Waals surface area contributed by atoms with E-state index in [1.54, 1.807) is 0 Å². The molecule has 0 bridgehead atoms. The fourth-order valence-corrected chi connectivity index (χ4v) is 3.20. The van der Waals surface area contributed by atoms with Gasteiger partial charge in [0, 0.05) is 23.1 Å². The summed E-state index contributed by atoms with van der Waals surface area (Å²) in [6, 6.07) is 11.8. The number of benzene rings is 2. The lowest BCUT2D eigenvalue weighted by molar-refractivity contribution is -0.139. The van der Waals surface area contributed by atoms with E-state index in [1.165, 1.54) is 0 Å². The highest BCUT2D eigenvalue weighted by Crippen LogP contribution is 2.32. The summed E-state index contributed by atoms with van der Waals surface area (Å²) in [5.74, 6) is 0.737. The van der Waals surface area contributed by atoms with Crippen LogP contribution in [0.3, 0.4) is 0 Å². The second-order valence-electron chi connectivity index (χ2n) is 6.66. The lowest BCUT2D eigenvalue weighted by Gasteiger charge is -2.28. The van der Waals surface area contributed by atoms with Gasteiger partial charge < -0.3 is 14.8 Å². The zero-order chi connectivity index (χ0) is 19.0. The van der Waals surface area contributed by atoms with E-state index in [1.807, 2.05) is 57.2 Å². The van der Waals surface area contributed by atoms with Gasteiger partial charge in [-0.15, -0.1) is 0 Å². The maximum atomic E-state index is 13.0. The predicted molar refractivity (Wildman–Crippen MR) is 108 cm³/mol. The van der Waals surface area contributed by atoms with E-state index in [9.17, 15) is 4.79 Å². The summed E-state index contributed by atoms with van der Waals surface area (Å²) in [6.07, 6.45) is 3.91. The van der Waals surface area contributed by atoms with Gasteiger partial charge in [0.25, 0.3) is 5.91 Å². The summed E-state index contributed by atoms with van der Waals surface area (Å²) in [5.41, 5.74) is -0.0284. The van der Waals surface area contributed by atoms with Gasteiger partial charge in [-0.1, -0.05) is 50.5 Å². The molecule has 26 heavy (non-hydrogen) atoms. The van der Waals surface area contributed by atoms with Crippen LogP contribution in [0.4, 0.5) is 5.69 Å². The van der Waals surface area contributed by atoms with Crippen molar-refractivity contribution in [3.63, 3.8) is 0 Å². The van der Waals surface area contributed by atoms with E-state index in [-0.39, 0.29) is 5.91 Å². The molecule has 1 atom stereocenters. The molecule has 0 unspecified atom stereocenters. The first-order valence-electron chi connectivity index (χ1n) is 9.65. The minimum Gasteiger partial charge on any atom is -0.493 e. The number of fused-ring (bicyclic) bond motifs is 1. The van der Waals surface area contributed by atoms with E-state index < -0.39 is 5.60 Å². The van der Waals surface area contributed by atoms with Gasteiger partial charge in [-0.25, -0.2) is 0 Å². The van der Waals surface area contributed by atoms with Crippen molar-refractivity contribution in [2.75, 3.05) is 18.5 Å². The van der Waals surface area contributed by atoms with Crippen LogP contribution < -0.4 is 10.1 Å². The van der Waals surface area contributed by atoms with Gasteiger partial charge >= 0.3 is 0 Å². The average Bonchev–Trinajstić information content (AvgIpc) is 2.64. The minimum absolute atomic E-state index is 0.0928. The zero-order valence-corrected chi connectivity index (χ0v) is 16.4. The second-order valence-corrected chi connectivity index (χ2v) is 6.66. The second kappa shape index (κ2) is 9.58. The van der Waals surface area contributed by atoms with Crippen LogP contribution in [0.5, 0.6) is 5.75 Å². The average molecular weight is 357 g/mol. The Morgan fingerprint density at radius 2 is 1.73 bits per heavy atom. The van der Waals surface area contributed by atoms with E-state index in [4.69, 9.17) is 9.47 Å². The minimum atomic E-state index is -0.816. The molecule has 4 nitrogen and oxygen atoms in total. The number of unbranched alkanes of at least 4 members (excludes halogenated alkanes) is 2. The number of hydrogen-bond acceptors (Lipinski definition) is 3. The molecule has 0 fully saturated rings. The van der Waals surface area contributed by atoms with Gasteiger partial charge in [-0.3, -0.25) is 4.79 Å².